The lowest BCUT2D eigenvalue weighted by Crippen LogP contribution is -2.20. The smallest absolute Gasteiger partial charge is 0.387 e. The number of nitrogens with one attached hydrogen (secondary N) is 2. The summed E-state index contributed by atoms with van der Waals surface area (Å²) >= 11 is 5.19. The summed E-state index contributed by atoms with van der Waals surface area (Å²) < 4.78 is 31.1. The molecule has 1 heterocycles. The molecular weight excluding hydrogens is 310 g/mol. The van der Waals surface area contributed by atoms with Crippen molar-refractivity contribution in [3.8, 4) is 5.75 Å². The van der Waals surface area contributed by atoms with E-state index in [2.05, 4.69) is 20.5 Å². The second-order valence-electron chi connectivity index (χ2n) is 4.76. The van der Waals surface area contributed by atoms with Crippen molar-refractivity contribution in [3.63, 3.8) is 0 Å². The fourth-order valence-corrected chi connectivity index (χ4v) is 2.14. The van der Waals surface area contributed by atoms with Gasteiger partial charge in [-0.2, -0.15) is 13.9 Å². The van der Waals surface area contributed by atoms with Crippen LogP contribution in [0.25, 0.3) is 0 Å². The quantitative estimate of drug-likeness (QED) is 0.843. The van der Waals surface area contributed by atoms with Crippen LogP contribution in [0.5, 0.6) is 5.75 Å². The lowest BCUT2D eigenvalue weighted by molar-refractivity contribution is -0.0493. The fourth-order valence-electron chi connectivity index (χ4n) is 1.92. The summed E-state index contributed by atoms with van der Waals surface area (Å²) in [5, 5.41) is 10.3. The molecule has 2 aromatic rings. The van der Waals surface area contributed by atoms with Gasteiger partial charge in [-0.25, -0.2) is 0 Å². The van der Waals surface area contributed by atoms with E-state index in [0.29, 0.717) is 5.69 Å². The van der Waals surface area contributed by atoms with Crippen LogP contribution < -0.4 is 15.4 Å². The van der Waals surface area contributed by atoms with E-state index < -0.39 is 6.61 Å². The third-order valence-corrected chi connectivity index (χ3v) is 3.07. The van der Waals surface area contributed by atoms with Crippen molar-refractivity contribution in [2.75, 3.05) is 10.6 Å². The molecule has 0 amide bonds. The van der Waals surface area contributed by atoms with Gasteiger partial charge in [0.1, 0.15) is 5.75 Å². The molecule has 0 saturated heterocycles. The van der Waals surface area contributed by atoms with Gasteiger partial charge in [0.15, 0.2) is 5.11 Å². The first kappa shape index (κ1) is 16.2. The second kappa shape index (κ2) is 6.69. The first-order valence-corrected chi connectivity index (χ1v) is 6.89. The summed E-state index contributed by atoms with van der Waals surface area (Å²) in [6.45, 7) is 0.726. The molecule has 0 fully saturated rings. The Balaban J connectivity index is 2.12. The van der Waals surface area contributed by atoms with Crippen molar-refractivity contribution >= 4 is 28.7 Å². The van der Waals surface area contributed by atoms with Gasteiger partial charge in [0.2, 0.25) is 0 Å². The van der Waals surface area contributed by atoms with E-state index in [-0.39, 0.29) is 10.9 Å². The lowest BCUT2D eigenvalue weighted by Gasteiger charge is -2.14. The Morgan fingerprint density at radius 3 is 2.55 bits per heavy atom. The zero-order valence-corrected chi connectivity index (χ0v) is 13.2. The Bertz CT molecular complexity index is 687. The number of nitrogens with zero attached hydrogens (tertiary/aromatic N) is 2. The molecule has 8 heteroatoms. The number of halogens is 2. The summed E-state index contributed by atoms with van der Waals surface area (Å²) in [6.07, 6.45) is 1.77. The summed E-state index contributed by atoms with van der Waals surface area (Å²) in [5.41, 5.74) is 2.69. The van der Waals surface area contributed by atoms with E-state index in [1.54, 1.807) is 37.0 Å². The molecule has 0 radical (unpaired) electrons. The zero-order chi connectivity index (χ0) is 16.3. The van der Waals surface area contributed by atoms with Gasteiger partial charge in [-0.3, -0.25) is 4.68 Å². The highest BCUT2D eigenvalue weighted by atomic mass is 32.1. The molecule has 0 unspecified atom stereocenters. The maximum atomic E-state index is 12.5. The maximum Gasteiger partial charge on any atom is 0.387 e. The highest BCUT2D eigenvalue weighted by Crippen LogP contribution is 2.27. The summed E-state index contributed by atoms with van der Waals surface area (Å²) in [5.74, 6) is 0.0436. The van der Waals surface area contributed by atoms with Crippen molar-refractivity contribution in [1.29, 1.82) is 0 Å². The van der Waals surface area contributed by atoms with Gasteiger partial charge in [0, 0.05) is 13.2 Å². The number of aryl methyl sites for hydroxylation is 3. The Morgan fingerprint density at radius 2 is 1.95 bits per heavy atom. The Morgan fingerprint density at radius 1 is 1.27 bits per heavy atom. The predicted molar refractivity (Wildman–Crippen MR) is 85.6 cm³/mol. The average Bonchev–Trinajstić information content (AvgIpc) is 2.70. The van der Waals surface area contributed by atoms with Crippen LogP contribution in [0.3, 0.4) is 0 Å². The monoisotopic (exact) mass is 326 g/mol. The number of rotatable bonds is 4. The fraction of sp³-hybridized carbons (Fsp3) is 0.286. The normalized spacial score (nSPS) is 10.6. The molecule has 2 N–H and O–H groups in total. The van der Waals surface area contributed by atoms with E-state index in [1.807, 2.05) is 6.92 Å². The molecule has 1 aromatic heterocycles. The van der Waals surface area contributed by atoms with Crippen LogP contribution >= 0.6 is 12.2 Å². The van der Waals surface area contributed by atoms with Crippen molar-refractivity contribution in [2.24, 2.45) is 7.05 Å². The maximum absolute atomic E-state index is 12.5. The molecule has 0 saturated carbocycles. The third kappa shape index (κ3) is 4.14. The molecule has 0 aliphatic carbocycles. The number of benzene rings is 1. The lowest BCUT2D eigenvalue weighted by atomic mass is 10.2. The minimum absolute atomic E-state index is 0.0436. The number of anilines is 2. The number of hydrogen-bond donors (Lipinski definition) is 2. The van der Waals surface area contributed by atoms with Crippen LogP contribution in [0.4, 0.5) is 20.2 Å². The molecule has 2 rings (SSSR count). The van der Waals surface area contributed by atoms with Crippen LogP contribution in [0, 0.1) is 13.8 Å². The molecule has 0 aliphatic heterocycles. The minimum Gasteiger partial charge on any atom is -0.433 e. The molecule has 0 spiro atoms. The Kier molecular flexibility index (Phi) is 4.92. The number of hydrogen-bond acceptors (Lipinski definition) is 3. The topological polar surface area (TPSA) is 51.1 Å². The van der Waals surface area contributed by atoms with Crippen molar-refractivity contribution in [3.05, 3.63) is 35.7 Å². The molecule has 22 heavy (non-hydrogen) atoms. The number of alkyl halides is 2. The highest BCUT2D eigenvalue weighted by molar-refractivity contribution is 7.80. The predicted octanol–water partition coefficient (Wildman–Crippen LogP) is 3.45. The van der Waals surface area contributed by atoms with Crippen LogP contribution in [-0.4, -0.2) is 21.5 Å². The first-order valence-electron chi connectivity index (χ1n) is 6.49. The largest absolute Gasteiger partial charge is 0.433 e. The first-order chi connectivity index (χ1) is 10.3. The van der Waals surface area contributed by atoms with Crippen molar-refractivity contribution in [2.45, 2.75) is 20.5 Å². The second-order valence-corrected chi connectivity index (χ2v) is 5.17. The van der Waals surface area contributed by atoms with Gasteiger partial charge in [0.05, 0.1) is 17.1 Å². The van der Waals surface area contributed by atoms with Gasteiger partial charge in [-0.15, -0.1) is 0 Å². The third-order valence-electron chi connectivity index (χ3n) is 2.86. The number of ether oxygens (including phenoxy) is 1. The SMILES string of the molecule is Cc1ccc(NC(=S)Nc2cn(C)nc2C)c(OC(F)F)c1. The molecule has 1 aromatic carbocycles. The molecule has 0 aliphatic rings. The molecular formula is C14H16F2N4OS. The van der Waals surface area contributed by atoms with Crippen LogP contribution in [-0.2, 0) is 7.05 Å². The average molecular weight is 326 g/mol. The van der Waals surface area contributed by atoms with Crippen LogP contribution in [0.2, 0.25) is 0 Å². The van der Waals surface area contributed by atoms with Crippen molar-refractivity contribution in [1.82, 2.24) is 9.78 Å². The van der Waals surface area contributed by atoms with Gasteiger partial charge in [-0.05, 0) is 43.8 Å². The minimum atomic E-state index is -2.90. The summed E-state index contributed by atoms with van der Waals surface area (Å²) in [7, 11) is 1.79. The molecule has 118 valence electrons. The Labute approximate surface area is 132 Å². The molecule has 0 atom stereocenters. The van der Waals surface area contributed by atoms with Crippen LogP contribution in [0.15, 0.2) is 24.4 Å². The van der Waals surface area contributed by atoms with Gasteiger partial charge >= 0.3 is 6.61 Å². The van der Waals surface area contributed by atoms with Gasteiger partial charge in [-0.1, -0.05) is 6.07 Å². The Hall–Kier alpha value is -2.22. The van der Waals surface area contributed by atoms with E-state index in [9.17, 15) is 8.78 Å². The van der Waals surface area contributed by atoms with Crippen LogP contribution in [0.1, 0.15) is 11.3 Å². The van der Waals surface area contributed by atoms with E-state index in [0.717, 1.165) is 16.9 Å². The zero-order valence-electron chi connectivity index (χ0n) is 12.4. The number of thiocarbonyl (C=S) groups is 1. The molecule has 0 bridgehead atoms. The van der Waals surface area contributed by atoms with Gasteiger partial charge in [0.25, 0.3) is 0 Å². The van der Waals surface area contributed by atoms with Gasteiger partial charge < -0.3 is 15.4 Å². The van der Waals surface area contributed by atoms with E-state index in [1.165, 1.54) is 6.07 Å². The standard InChI is InChI=1S/C14H16F2N4OS/c1-8-4-5-10(12(6-8)21-13(15)16)17-14(22)18-11-7-20(3)19-9(11)2/h4-7,13H,1-3H3,(H2,17,18,22). The van der Waals surface area contributed by atoms with E-state index in [4.69, 9.17) is 12.2 Å². The van der Waals surface area contributed by atoms with E-state index >= 15 is 0 Å². The van der Waals surface area contributed by atoms with Crippen molar-refractivity contribution < 1.29 is 13.5 Å². The number of aromatic nitrogens is 2. The highest BCUT2D eigenvalue weighted by Gasteiger charge is 2.12. The molecule has 5 nitrogen and oxygen atoms in total. The summed E-state index contributed by atoms with van der Waals surface area (Å²) in [6, 6.07) is 4.93. The summed E-state index contributed by atoms with van der Waals surface area (Å²) in [4.78, 5) is 0.